The number of rotatable bonds is 4. The van der Waals surface area contributed by atoms with Crippen LogP contribution in [0.2, 0.25) is 0 Å². The van der Waals surface area contributed by atoms with Gasteiger partial charge in [-0.1, -0.05) is 24.4 Å². The molecule has 0 spiro atoms. The van der Waals surface area contributed by atoms with Gasteiger partial charge in [-0.15, -0.1) is 0 Å². The van der Waals surface area contributed by atoms with Crippen molar-refractivity contribution in [2.75, 3.05) is 13.2 Å². The Hall–Kier alpha value is -0.0500. The summed E-state index contributed by atoms with van der Waals surface area (Å²) in [6.45, 7) is 1.23. The van der Waals surface area contributed by atoms with Crippen molar-refractivity contribution in [2.45, 2.75) is 31.2 Å². The first-order valence-electron chi connectivity index (χ1n) is 4.39. The molecule has 0 aromatic carbocycles. The molecule has 3 heteroatoms. The Labute approximate surface area is 78.7 Å². The van der Waals surface area contributed by atoms with Crippen LogP contribution in [0, 0.1) is 0 Å². The van der Waals surface area contributed by atoms with Crippen LogP contribution in [0.15, 0.2) is 11.6 Å². The van der Waals surface area contributed by atoms with Crippen molar-refractivity contribution in [2.24, 2.45) is 5.73 Å². The van der Waals surface area contributed by atoms with Gasteiger partial charge in [0.1, 0.15) is 0 Å². The van der Waals surface area contributed by atoms with Crippen molar-refractivity contribution < 1.29 is 4.74 Å². The zero-order chi connectivity index (χ0) is 8.86. The van der Waals surface area contributed by atoms with Crippen molar-refractivity contribution in [3.63, 3.8) is 0 Å². The molecule has 0 aromatic rings. The monoisotopic (exact) mass is 189 g/mol. The van der Waals surface area contributed by atoms with Crippen LogP contribution < -0.4 is 5.73 Å². The van der Waals surface area contributed by atoms with Gasteiger partial charge in [-0.2, -0.15) is 0 Å². The van der Waals surface area contributed by atoms with Gasteiger partial charge in [-0.3, -0.25) is 0 Å². The first kappa shape index (κ1) is 10.0. The fourth-order valence-electron chi connectivity index (χ4n) is 1.59. The summed E-state index contributed by atoms with van der Waals surface area (Å²) in [6.07, 6.45) is 6.45. The van der Waals surface area contributed by atoms with E-state index in [1.807, 2.05) is 0 Å². The molecule has 1 aliphatic carbocycles. The lowest BCUT2D eigenvalue weighted by molar-refractivity contribution is 0.108. The molecule has 1 saturated carbocycles. The highest BCUT2D eigenvalue weighted by molar-refractivity contribution is 6.25. The molecular formula is C9H16ClNO. The number of hydrogen-bond donors (Lipinski definition) is 1. The Morgan fingerprint density at radius 1 is 1.42 bits per heavy atom. The van der Waals surface area contributed by atoms with Crippen LogP contribution in [0.1, 0.15) is 25.7 Å². The Bertz CT molecular complexity index is 153. The molecule has 1 fully saturated rings. The van der Waals surface area contributed by atoms with Crippen LogP contribution >= 0.6 is 11.6 Å². The van der Waals surface area contributed by atoms with Gasteiger partial charge in [0.15, 0.2) is 0 Å². The lowest BCUT2D eigenvalue weighted by Crippen LogP contribution is -2.41. The van der Waals surface area contributed by atoms with Crippen LogP contribution in [0.4, 0.5) is 0 Å². The second-order valence-corrected chi connectivity index (χ2v) is 3.70. The summed E-state index contributed by atoms with van der Waals surface area (Å²) < 4.78 is 5.36. The number of ether oxygens (including phenoxy) is 1. The Kier molecular flexibility index (Phi) is 4.06. The molecular weight excluding hydrogens is 174 g/mol. The normalized spacial score (nSPS) is 22.2. The van der Waals surface area contributed by atoms with Crippen molar-refractivity contribution in [1.29, 1.82) is 0 Å². The molecule has 70 valence electrons. The molecule has 12 heavy (non-hydrogen) atoms. The molecule has 2 N–H and O–H groups in total. The van der Waals surface area contributed by atoms with E-state index >= 15 is 0 Å². The summed E-state index contributed by atoms with van der Waals surface area (Å²) in [7, 11) is 0. The first-order chi connectivity index (χ1) is 5.77. The third-order valence-corrected chi connectivity index (χ3v) is 2.47. The molecule has 0 aliphatic heterocycles. The average Bonchev–Trinajstić information content (AvgIpc) is 2.47. The van der Waals surface area contributed by atoms with E-state index in [4.69, 9.17) is 22.1 Å². The zero-order valence-corrected chi connectivity index (χ0v) is 8.02. The van der Waals surface area contributed by atoms with Gasteiger partial charge < -0.3 is 10.5 Å². The van der Waals surface area contributed by atoms with Crippen LogP contribution in [-0.2, 0) is 4.74 Å². The molecule has 0 amide bonds. The summed E-state index contributed by atoms with van der Waals surface area (Å²) in [5, 5.41) is 0. The number of nitrogens with two attached hydrogens (primary N) is 1. The molecule has 1 aliphatic rings. The molecule has 0 saturated heterocycles. The summed E-state index contributed by atoms with van der Waals surface area (Å²) >= 11 is 5.34. The minimum absolute atomic E-state index is 0.0554. The van der Waals surface area contributed by atoms with E-state index in [0.717, 1.165) is 12.8 Å². The maximum absolute atomic E-state index is 6.06. The third kappa shape index (κ3) is 3.13. The van der Waals surface area contributed by atoms with Gasteiger partial charge in [0, 0.05) is 11.1 Å². The van der Waals surface area contributed by atoms with E-state index in [9.17, 15) is 0 Å². The summed E-state index contributed by atoms with van der Waals surface area (Å²) in [5.74, 6) is 0. The summed E-state index contributed by atoms with van der Waals surface area (Å²) in [5.41, 5.74) is 7.47. The van der Waals surface area contributed by atoms with Crippen LogP contribution in [-0.4, -0.2) is 18.8 Å². The second kappa shape index (κ2) is 4.85. The molecule has 0 radical (unpaired) electrons. The van der Waals surface area contributed by atoms with E-state index in [0.29, 0.717) is 13.2 Å². The molecule has 0 aromatic heterocycles. The lowest BCUT2D eigenvalue weighted by Gasteiger charge is -2.22. The van der Waals surface area contributed by atoms with Crippen molar-refractivity contribution in [3.05, 3.63) is 11.6 Å². The van der Waals surface area contributed by atoms with E-state index in [2.05, 4.69) is 0 Å². The first-order valence-corrected chi connectivity index (χ1v) is 4.82. The van der Waals surface area contributed by atoms with E-state index < -0.39 is 0 Å². The smallest absolute Gasteiger partial charge is 0.0659 e. The minimum atomic E-state index is -0.0554. The lowest BCUT2D eigenvalue weighted by atomic mass is 10.0. The summed E-state index contributed by atoms with van der Waals surface area (Å²) in [4.78, 5) is 0. The van der Waals surface area contributed by atoms with E-state index in [1.54, 1.807) is 6.08 Å². The Morgan fingerprint density at radius 3 is 2.67 bits per heavy atom. The van der Waals surface area contributed by atoms with Crippen molar-refractivity contribution >= 4 is 11.6 Å². The number of halogens is 1. The predicted molar refractivity (Wildman–Crippen MR) is 51.2 cm³/mol. The Morgan fingerprint density at radius 2 is 2.08 bits per heavy atom. The molecule has 0 heterocycles. The maximum atomic E-state index is 6.06. The molecule has 0 unspecified atom stereocenters. The van der Waals surface area contributed by atoms with Gasteiger partial charge >= 0.3 is 0 Å². The molecule has 0 bridgehead atoms. The topological polar surface area (TPSA) is 35.2 Å². The standard InChI is InChI=1S/C9H16ClNO/c10-6-3-7-12-8-9(11)4-1-2-5-9/h3,6H,1-2,4-5,7-8,11H2. The highest BCUT2D eigenvalue weighted by atomic mass is 35.5. The molecule has 2 nitrogen and oxygen atoms in total. The fraction of sp³-hybridized carbons (Fsp3) is 0.778. The predicted octanol–water partition coefficient (Wildman–Crippen LogP) is 2.03. The minimum Gasteiger partial charge on any atom is -0.375 e. The van der Waals surface area contributed by atoms with E-state index in [-0.39, 0.29) is 5.54 Å². The van der Waals surface area contributed by atoms with Crippen molar-refractivity contribution in [3.8, 4) is 0 Å². The zero-order valence-electron chi connectivity index (χ0n) is 7.26. The highest BCUT2D eigenvalue weighted by Gasteiger charge is 2.28. The second-order valence-electron chi connectivity index (χ2n) is 3.45. The number of hydrogen-bond acceptors (Lipinski definition) is 2. The SMILES string of the molecule is NC1(COCC=CCl)CCCC1. The van der Waals surface area contributed by atoms with Crippen LogP contribution in [0.5, 0.6) is 0 Å². The molecule has 1 rings (SSSR count). The van der Waals surface area contributed by atoms with Crippen LogP contribution in [0.3, 0.4) is 0 Å². The van der Waals surface area contributed by atoms with Gasteiger partial charge in [0.2, 0.25) is 0 Å². The van der Waals surface area contributed by atoms with Crippen LogP contribution in [0.25, 0.3) is 0 Å². The van der Waals surface area contributed by atoms with Crippen molar-refractivity contribution in [1.82, 2.24) is 0 Å². The quantitative estimate of drug-likeness (QED) is 0.687. The molecule has 0 atom stereocenters. The van der Waals surface area contributed by atoms with Gasteiger partial charge in [0.05, 0.1) is 13.2 Å². The third-order valence-electron chi connectivity index (χ3n) is 2.29. The van der Waals surface area contributed by atoms with Gasteiger partial charge in [0.25, 0.3) is 0 Å². The van der Waals surface area contributed by atoms with E-state index in [1.165, 1.54) is 18.4 Å². The maximum Gasteiger partial charge on any atom is 0.0659 e. The largest absolute Gasteiger partial charge is 0.375 e. The van der Waals surface area contributed by atoms with Gasteiger partial charge in [-0.05, 0) is 18.9 Å². The highest BCUT2D eigenvalue weighted by Crippen LogP contribution is 2.27. The summed E-state index contributed by atoms with van der Waals surface area (Å²) in [6, 6.07) is 0. The van der Waals surface area contributed by atoms with Gasteiger partial charge in [-0.25, -0.2) is 0 Å². The fourth-order valence-corrected chi connectivity index (χ4v) is 1.66. The average molecular weight is 190 g/mol. The Balaban J connectivity index is 2.12.